The van der Waals surface area contributed by atoms with Gasteiger partial charge in [0.15, 0.2) is 0 Å². The van der Waals surface area contributed by atoms with Crippen LogP contribution in [0.3, 0.4) is 0 Å². The maximum atomic E-state index is 2.48. The lowest BCUT2D eigenvalue weighted by Crippen LogP contribution is -2.27. The fourth-order valence-electron chi connectivity index (χ4n) is 10.5. The van der Waals surface area contributed by atoms with Gasteiger partial charge in [-0.05, 0) is 126 Å². The summed E-state index contributed by atoms with van der Waals surface area (Å²) >= 11 is 0. The number of benzene rings is 9. The molecule has 0 amide bonds. The van der Waals surface area contributed by atoms with Gasteiger partial charge in [-0.2, -0.15) is 0 Å². The predicted octanol–water partition coefficient (Wildman–Crippen LogP) is 15.2. The number of rotatable bonds is 5. The largest absolute Gasteiger partial charge is 0.310 e. The second kappa shape index (κ2) is 12.9. The van der Waals surface area contributed by atoms with Crippen molar-refractivity contribution >= 4 is 44.2 Å². The Labute approximate surface area is 339 Å². The zero-order valence-corrected chi connectivity index (χ0v) is 32.1. The van der Waals surface area contributed by atoms with E-state index in [1.807, 2.05) is 0 Å². The minimum atomic E-state index is -0.365. The van der Waals surface area contributed by atoms with E-state index >= 15 is 0 Å². The van der Waals surface area contributed by atoms with Crippen LogP contribution in [-0.4, -0.2) is 0 Å². The molecule has 1 spiro atoms. The van der Waals surface area contributed by atoms with Crippen LogP contribution >= 0.6 is 0 Å². The smallest absolute Gasteiger partial charge is 0.0722 e. The van der Waals surface area contributed by atoms with Gasteiger partial charge in [-0.3, -0.25) is 0 Å². The molecule has 0 N–H and O–H groups in total. The molecule has 272 valence electrons. The van der Waals surface area contributed by atoms with Crippen molar-refractivity contribution in [2.75, 3.05) is 4.90 Å². The zero-order valence-electron chi connectivity index (χ0n) is 32.1. The van der Waals surface area contributed by atoms with Crippen molar-refractivity contribution in [1.29, 1.82) is 0 Å². The predicted molar refractivity (Wildman–Crippen MR) is 244 cm³/mol. The van der Waals surface area contributed by atoms with Crippen LogP contribution in [0.15, 0.2) is 218 Å². The monoisotopic (exact) mass is 737 g/mol. The van der Waals surface area contributed by atoms with E-state index in [4.69, 9.17) is 0 Å². The van der Waals surface area contributed by atoms with Crippen LogP contribution in [0.25, 0.3) is 60.5 Å². The Morgan fingerprint density at radius 1 is 0.397 bits per heavy atom. The summed E-state index contributed by atoms with van der Waals surface area (Å²) in [4.78, 5) is 2.48. The Kier molecular flexibility index (Phi) is 7.34. The lowest BCUT2D eigenvalue weighted by atomic mass is 9.69. The van der Waals surface area contributed by atoms with Crippen molar-refractivity contribution in [3.63, 3.8) is 0 Å². The number of allylic oxidation sites excluding steroid dienone is 4. The Morgan fingerprint density at radius 3 is 1.81 bits per heavy atom. The van der Waals surface area contributed by atoms with Crippen molar-refractivity contribution < 1.29 is 0 Å². The molecule has 0 fully saturated rings. The lowest BCUT2D eigenvalue weighted by Gasteiger charge is -2.33. The molecule has 9 aromatic rings. The number of nitrogens with zero attached hydrogens (tertiary/aromatic N) is 1. The van der Waals surface area contributed by atoms with Crippen LogP contribution in [0.4, 0.5) is 17.1 Å². The Bertz CT molecular complexity index is 3150. The molecular weight excluding hydrogens is 699 g/mol. The first kappa shape index (κ1) is 33.0. The Hall–Kier alpha value is -7.22. The van der Waals surface area contributed by atoms with Gasteiger partial charge in [0.25, 0.3) is 0 Å². The van der Waals surface area contributed by atoms with Crippen LogP contribution in [0.1, 0.15) is 35.1 Å². The fraction of sp³-hybridized carbons (Fsp3) is 0.0526. The third-order valence-electron chi connectivity index (χ3n) is 13.0. The van der Waals surface area contributed by atoms with Crippen molar-refractivity contribution in [2.24, 2.45) is 0 Å². The second-order valence-electron chi connectivity index (χ2n) is 15.9. The second-order valence-corrected chi connectivity index (χ2v) is 15.9. The van der Waals surface area contributed by atoms with Crippen LogP contribution in [0.2, 0.25) is 0 Å². The molecule has 0 saturated carbocycles. The maximum absolute atomic E-state index is 2.48. The maximum Gasteiger partial charge on any atom is 0.0722 e. The summed E-state index contributed by atoms with van der Waals surface area (Å²) in [5, 5.41) is 5.11. The van der Waals surface area contributed by atoms with E-state index in [9.17, 15) is 0 Å². The van der Waals surface area contributed by atoms with Gasteiger partial charge in [-0.1, -0.05) is 182 Å². The first-order valence-corrected chi connectivity index (χ1v) is 20.5. The van der Waals surface area contributed by atoms with Crippen LogP contribution in [0.5, 0.6) is 0 Å². The van der Waals surface area contributed by atoms with Gasteiger partial charge in [0, 0.05) is 16.9 Å². The topological polar surface area (TPSA) is 3.24 Å². The molecule has 0 bridgehead atoms. The molecule has 1 heteroatoms. The summed E-state index contributed by atoms with van der Waals surface area (Å²) in [5.74, 6) is 0. The van der Waals surface area contributed by atoms with E-state index in [0.717, 1.165) is 24.2 Å². The van der Waals surface area contributed by atoms with E-state index < -0.39 is 0 Å². The quantitative estimate of drug-likeness (QED) is 0.159. The zero-order chi connectivity index (χ0) is 38.2. The average Bonchev–Trinajstić information content (AvgIpc) is 3.78. The third-order valence-corrected chi connectivity index (χ3v) is 13.0. The summed E-state index contributed by atoms with van der Waals surface area (Å²) in [6.45, 7) is 0. The minimum Gasteiger partial charge on any atom is -0.310 e. The number of fused-ring (bicyclic) bond motifs is 12. The van der Waals surface area contributed by atoms with E-state index in [1.165, 1.54) is 94.0 Å². The van der Waals surface area contributed by atoms with Crippen LogP contribution < -0.4 is 4.90 Å². The van der Waals surface area contributed by atoms with Gasteiger partial charge in [-0.25, -0.2) is 0 Å². The molecule has 9 aromatic carbocycles. The molecule has 0 saturated heterocycles. The number of anilines is 3. The average molecular weight is 738 g/mol. The molecule has 12 rings (SSSR count). The molecule has 3 aliphatic rings. The van der Waals surface area contributed by atoms with Crippen molar-refractivity contribution in [3.8, 4) is 33.4 Å². The first-order chi connectivity index (χ1) is 28.8. The van der Waals surface area contributed by atoms with Gasteiger partial charge in [0.2, 0.25) is 0 Å². The molecule has 1 nitrogen and oxygen atoms in total. The highest BCUT2D eigenvalue weighted by molar-refractivity contribution is 6.12. The Morgan fingerprint density at radius 2 is 1.00 bits per heavy atom. The van der Waals surface area contributed by atoms with Gasteiger partial charge in [0.1, 0.15) is 0 Å². The highest BCUT2D eigenvalue weighted by Gasteiger charge is 2.53. The van der Waals surface area contributed by atoms with Gasteiger partial charge < -0.3 is 4.90 Å². The van der Waals surface area contributed by atoms with Crippen molar-refractivity contribution in [1.82, 2.24) is 0 Å². The van der Waals surface area contributed by atoms with E-state index in [-0.39, 0.29) is 5.41 Å². The third kappa shape index (κ3) is 4.71. The molecule has 0 radical (unpaired) electrons. The molecule has 1 unspecified atom stereocenters. The standard InChI is InChI=1S/C57H39N/c1-2-14-38(15-3-1)39-28-33-42(34-29-39)58(43-35-30-41(31-36-43)45-21-12-22-46-44-17-5-4-16-40(44)32-37-47(45)46)55-27-13-26-54-56(55)50-20-8-11-25-53(50)57(54)51-23-9-6-18-48(51)49-19-7-10-24-52(49)57/h1-6,8-18,20-37H,7,19H2. The van der Waals surface area contributed by atoms with Crippen molar-refractivity contribution in [3.05, 3.63) is 240 Å². The summed E-state index contributed by atoms with van der Waals surface area (Å²) in [6, 6.07) is 74.3. The van der Waals surface area contributed by atoms with Crippen molar-refractivity contribution in [2.45, 2.75) is 18.3 Å². The first-order valence-electron chi connectivity index (χ1n) is 20.5. The highest BCUT2D eigenvalue weighted by Crippen LogP contribution is 2.65. The molecule has 0 aliphatic heterocycles. The molecule has 1 atom stereocenters. The molecule has 0 heterocycles. The summed E-state index contributed by atoms with van der Waals surface area (Å²) in [7, 11) is 0. The number of hydrogen-bond donors (Lipinski definition) is 0. The Balaban J connectivity index is 1.07. The molecular formula is C57H39N. The summed E-state index contributed by atoms with van der Waals surface area (Å²) in [5.41, 5.74) is 19.0. The highest BCUT2D eigenvalue weighted by atomic mass is 15.1. The molecule has 3 aliphatic carbocycles. The van der Waals surface area contributed by atoms with E-state index in [1.54, 1.807) is 0 Å². The molecule has 0 aromatic heterocycles. The summed E-state index contributed by atoms with van der Waals surface area (Å²) < 4.78 is 0. The van der Waals surface area contributed by atoms with Gasteiger partial charge >= 0.3 is 0 Å². The lowest BCUT2D eigenvalue weighted by molar-refractivity contribution is 0.780. The number of hydrogen-bond acceptors (Lipinski definition) is 1. The fourth-order valence-corrected chi connectivity index (χ4v) is 10.5. The van der Waals surface area contributed by atoms with E-state index in [2.05, 4.69) is 217 Å². The minimum absolute atomic E-state index is 0.365. The van der Waals surface area contributed by atoms with Crippen LogP contribution in [0, 0.1) is 0 Å². The van der Waals surface area contributed by atoms with Crippen LogP contribution in [-0.2, 0) is 5.41 Å². The van der Waals surface area contributed by atoms with Gasteiger partial charge in [0.05, 0.1) is 11.1 Å². The summed E-state index contributed by atoms with van der Waals surface area (Å²) in [6.07, 6.45) is 6.97. The SMILES string of the molecule is C1=CC2=C(CC1)c1ccccc1C21c2ccccc2-c2c(N(c3ccc(-c4ccccc4)cc3)c3ccc(-c4cccc5c4ccc4ccccc45)cc3)cccc21. The van der Waals surface area contributed by atoms with Gasteiger partial charge in [-0.15, -0.1) is 0 Å². The molecule has 58 heavy (non-hydrogen) atoms. The van der Waals surface area contributed by atoms with E-state index in [0.29, 0.717) is 0 Å². The normalized spacial score (nSPS) is 16.1.